The van der Waals surface area contributed by atoms with Crippen molar-refractivity contribution in [3.8, 4) is 11.5 Å². The van der Waals surface area contributed by atoms with E-state index in [1.807, 2.05) is 0 Å². The summed E-state index contributed by atoms with van der Waals surface area (Å²) < 4.78 is 46.1. The number of nitrogens with zero attached hydrogens (tertiary/aromatic N) is 3. The predicted molar refractivity (Wildman–Crippen MR) is 161 cm³/mol. The number of imide groups is 2. The Morgan fingerprint density at radius 3 is 1.84 bits per heavy atom. The van der Waals surface area contributed by atoms with Crippen LogP contribution < -0.4 is 14.5 Å². The summed E-state index contributed by atoms with van der Waals surface area (Å²) in [6, 6.07) is 19.6. The maximum Gasteiger partial charge on any atom is 0.416 e. The second-order valence-corrected chi connectivity index (χ2v) is 10.9. The van der Waals surface area contributed by atoms with Gasteiger partial charge >= 0.3 is 17.9 Å². The standard InChI is InChI=1S/C30H16Br2F3N3O6/c31-19-13-17(26(23(32)16-19)44-25-12-11-18(30(33,34)35)15-24(25)38(42)43)14-22-27(39)36(20-7-3-1-4-8-20)29(41)37(28(22)40)21-9-5-2-6-10-21/h1-16H. The van der Waals surface area contributed by atoms with Crippen molar-refractivity contribution in [3.05, 3.63) is 127 Å². The van der Waals surface area contributed by atoms with Crippen LogP contribution in [0.5, 0.6) is 11.5 Å². The molecular formula is C30H16Br2F3N3O6. The second kappa shape index (κ2) is 12.1. The highest BCUT2D eigenvalue weighted by atomic mass is 79.9. The van der Waals surface area contributed by atoms with Crippen molar-refractivity contribution in [3.63, 3.8) is 0 Å². The summed E-state index contributed by atoms with van der Waals surface area (Å²) in [4.78, 5) is 53.4. The van der Waals surface area contributed by atoms with Crippen LogP contribution in [0.1, 0.15) is 11.1 Å². The number of carbonyl (C=O) groups excluding carboxylic acids is 3. The molecule has 1 fully saturated rings. The van der Waals surface area contributed by atoms with Crippen LogP contribution in [0, 0.1) is 10.1 Å². The molecule has 1 aliphatic rings. The lowest BCUT2D eigenvalue weighted by molar-refractivity contribution is -0.385. The molecule has 0 spiro atoms. The summed E-state index contributed by atoms with van der Waals surface area (Å²) in [6.07, 6.45) is -3.70. The molecule has 222 valence electrons. The maximum atomic E-state index is 13.8. The first-order valence-corrected chi connectivity index (χ1v) is 14.0. The minimum absolute atomic E-state index is 0.0347. The van der Waals surface area contributed by atoms with Gasteiger partial charge in [0, 0.05) is 16.1 Å². The highest BCUT2D eigenvalue weighted by molar-refractivity contribution is 9.11. The molecule has 0 aliphatic carbocycles. The van der Waals surface area contributed by atoms with E-state index in [1.165, 1.54) is 36.4 Å². The van der Waals surface area contributed by atoms with E-state index in [0.29, 0.717) is 16.6 Å². The summed E-state index contributed by atoms with van der Waals surface area (Å²) in [7, 11) is 0. The third-order valence-corrected chi connectivity index (χ3v) is 7.36. The summed E-state index contributed by atoms with van der Waals surface area (Å²) in [5.41, 5.74) is -2.27. The van der Waals surface area contributed by atoms with Gasteiger partial charge in [-0.05, 0) is 70.5 Å². The lowest BCUT2D eigenvalue weighted by atomic mass is 10.0. The van der Waals surface area contributed by atoms with E-state index in [4.69, 9.17) is 4.74 Å². The fraction of sp³-hybridized carbons (Fsp3) is 0.0333. The summed E-state index contributed by atoms with van der Waals surface area (Å²) in [6.45, 7) is 0. The number of barbiturate groups is 1. The largest absolute Gasteiger partial charge is 0.448 e. The van der Waals surface area contributed by atoms with Gasteiger partial charge in [-0.1, -0.05) is 52.3 Å². The number of para-hydroxylation sites is 2. The zero-order valence-corrected chi connectivity index (χ0v) is 25.1. The fourth-order valence-corrected chi connectivity index (χ4v) is 5.66. The number of nitro benzene ring substituents is 1. The number of hydrogen-bond acceptors (Lipinski definition) is 6. The number of amides is 4. The molecular weight excluding hydrogens is 715 g/mol. The van der Waals surface area contributed by atoms with E-state index in [9.17, 15) is 37.7 Å². The average molecular weight is 731 g/mol. The lowest BCUT2D eigenvalue weighted by Gasteiger charge is -2.34. The highest BCUT2D eigenvalue weighted by Gasteiger charge is 2.44. The van der Waals surface area contributed by atoms with Crippen LogP contribution in [0.15, 0.2) is 106 Å². The predicted octanol–water partition coefficient (Wildman–Crippen LogP) is 8.51. The molecule has 0 bridgehead atoms. The average Bonchev–Trinajstić information content (AvgIpc) is 2.97. The Labute approximate surface area is 263 Å². The number of benzene rings is 4. The Kier molecular flexibility index (Phi) is 8.39. The Balaban J connectivity index is 1.67. The molecule has 4 amide bonds. The van der Waals surface area contributed by atoms with Gasteiger partial charge in [0.25, 0.3) is 11.8 Å². The number of anilines is 2. The molecule has 4 aromatic rings. The molecule has 4 aromatic carbocycles. The first-order valence-electron chi connectivity index (χ1n) is 12.4. The fourth-order valence-electron chi connectivity index (χ4n) is 4.32. The number of ether oxygens (including phenoxy) is 1. The van der Waals surface area contributed by atoms with Gasteiger partial charge in [0.1, 0.15) is 11.3 Å². The molecule has 9 nitrogen and oxygen atoms in total. The summed E-state index contributed by atoms with van der Waals surface area (Å²) in [5, 5.41) is 11.7. The molecule has 14 heteroatoms. The smallest absolute Gasteiger partial charge is 0.416 e. The monoisotopic (exact) mass is 729 g/mol. The van der Waals surface area contributed by atoms with Crippen LogP contribution in [0.3, 0.4) is 0 Å². The quantitative estimate of drug-likeness (QED) is 0.0852. The molecule has 0 aromatic heterocycles. The van der Waals surface area contributed by atoms with Crippen LogP contribution in [0.4, 0.5) is 35.0 Å². The van der Waals surface area contributed by atoms with Gasteiger partial charge in [0.15, 0.2) is 0 Å². The van der Waals surface area contributed by atoms with Crippen molar-refractivity contribution in [1.29, 1.82) is 0 Å². The zero-order chi connectivity index (χ0) is 31.8. The van der Waals surface area contributed by atoms with Crippen LogP contribution in [0.2, 0.25) is 0 Å². The first-order chi connectivity index (χ1) is 20.9. The number of halogens is 5. The van der Waals surface area contributed by atoms with Gasteiger partial charge in [-0.3, -0.25) is 19.7 Å². The van der Waals surface area contributed by atoms with E-state index >= 15 is 0 Å². The number of rotatable bonds is 6. The molecule has 0 saturated carbocycles. The normalized spacial score (nSPS) is 13.8. The van der Waals surface area contributed by atoms with Crippen molar-refractivity contribution in [1.82, 2.24) is 0 Å². The molecule has 0 unspecified atom stereocenters. The van der Waals surface area contributed by atoms with E-state index < -0.39 is 51.5 Å². The highest BCUT2D eigenvalue weighted by Crippen LogP contribution is 2.43. The molecule has 5 rings (SSSR count). The molecule has 1 heterocycles. The molecule has 44 heavy (non-hydrogen) atoms. The van der Waals surface area contributed by atoms with E-state index in [2.05, 4.69) is 31.9 Å². The van der Waals surface area contributed by atoms with Gasteiger partial charge in [-0.25, -0.2) is 14.6 Å². The van der Waals surface area contributed by atoms with Crippen LogP contribution in [-0.2, 0) is 15.8 Å². The van der Waals surface area contributed by atoms with Gasteiger partial charge in [0.05, 0.1) is 26.3 Å². The van der Waals surface area contributed by atoms with E-state index in [0.717, 1.165) is 21.9 Å². The number of alkyl halides is 3. The second-order valence-electron chi connectivity index (χ2n) is 9.14. The number of carbonyl (C=O) groups is 3. The van der Waals surface area contributed by atoms with Gasteiger partial charge in [-0.2, -0.15) is 13.2 Å². The van der Waals surface area contributed by atoms with Crippen molar-refractivity contribution in [2.75, 3.05) is 9.80 Å². The van der Waals surface area contributed by atoms with Gasteiger partial charge < -0.3 is 4.74 Å². The van der Waals surface area contributed by atoms with Crippen LogP contribution in [0.25, 0.3) is 6.08 Å². The molecule has 0 N–H and O–H groups in total. The Hall–Kier alpha value is -4.82. The van der Waals surface area contributed by atoms with E-state index in [1.54, 1.807) is 36.4 Å². The summed E-state index contributed by atoms with van der Waals surface area (Å²) in [5.74, 6) is -2.60. The number of nitro groups is 1. The van der Waals surface area contributed by atoms with Crippen LogP contribution in [-0.4, -0.2) is 22.8 Å². The molecule has 0 atom stereocenters. The Morgan fingerprint density at radius 1 is 0.795 bits per heavy atom. The molecule has 1 aliphatic heterocycles. The topological polar surface area (TPSA) is 110 Å². The maximum absolute atomic E-state index is 13.8. The SMILES string of the molecule is O=C1C(=Cc2cc(Br)cc(Br)c2Oc2ccc(C(F)(F)F)cc2[N+](=O)[O-])C(=O)N(c2ccccc2)C(=O)N1c1ccccc1. The number of urea groups is 1. The zero-order valence-electron chi connectivity index (χ0n) is 21.9. The lowest BCUT2D eigenvalue weighted by Crippen LogP contribution is -2.57. The first kappa shape index (κ1) is 30.6. The number of hydrogen-bond donors (Lipinski definition) is 0. The van der Waals surface area contributed by atoms with Gasteiger partial charge in [-0.15, -0.1) is 0 Å². The van der Waals surface area contributed by atoms with Crippen molar-refractivity contribution >= 4 is 72.8 Å². The van der Waals surface area contributed by atoms with Gasteiger partial charge in [0.2, 0.25) is 5.75 Å². The van der Waals surface area contributed by atoms with Crippen molar-refractivity contribution in [2.24, 2.45) is 0 Å². The molecule has 0 radical (unpaired) electrons. The minimum atomic E-state index is -4.84. The van der Waals surface area contributed by atoms with Crippen LogP contribution >= 0.6 is 31.9 Å². The van der Waals surface area contributed by atoms with Crippen molar-refractivity contribution in [2.45, 2.75) is 6.18 Å². The third-order valence-electron chi connectivity index (χ3n) is 6.31. The van der Waals surface area contributed by atoms with E-state index in [-0.39, 0.29) is 27.2 Å². The van der Waals surface area contributed by atoms with Crippen molar-refractivity contribution < 1.29 is 37.2 Å². The third kappa shape index (κ3) is 5.98. The Bertz CT molecular complexity index is 1790. The Morgan fingerprint density at radius 2 is 1.34 bits per heavy atom. The minimum Gasteiger partial charge on any atom is -0.448 e. The molecule has 1 saturated heterocycles. The summed E-state index contributed by atoms with van der Waals surface area (Å²) >= 11 is 6.60.